The second-order valence-electron chi connectivity index (χ2n) is 8.33. The van der Waals surface area contributed by atoms with Gasteiger partial charge in [0.25, 0.3) is 5.91 Å². The minimum absolute atomic E-state index is 0.0101. The van der Waals surface area contributed by atoms with Crippen LogP contribution in [0.3, 0.4) is 0 Å². The lowest BCUT2D eigenvalue weighted by Crippen LogP contribution is -2.54. The Labute approximate surface area is 197 Å². The first kappa shape index (κ1) is 24.1. The van der Waals surface area contributed by atoms with Crippen LogP contribution in [0.25, 0.3) is 0 Å². The van der Waals surface area contributed by atoms with Crippen LogP contribution in [0.1, 0.15) is 36.4 Å². The molecule has 2 heterocycles. The van der Waals surface area contributed by atoms with Gasteiger partial charge in [-0.1, -0.05) is 19.9 Å². The Morgan fingerprint density at radius 2 is 1.88 bits per heavy atom. The highest BCUT2D eigenvalue weighted by atomic mass is 32.1. The monoisotopic (exact) mass is 476 g/mol. The van der Waals surface area contributed by atoms with Gasteiger partial charge in [0.05, 0.1) is 4.88 Å². The SMILES string of the molecule is CC(C)CNC(=O)[C@H](NC(=O)c1cccs1)C1CCN(C(=S)Nc2ccc(F)cc2)CC1. The van der Waals surface area contributed by atoms with Crippen molar-refractivity contribution in [1.82, 2.24) is 15.5 Å². The van der Waals surface area contributed by atoms with E-state index in [1.165, 1.54) is 23.5 Å². The van der Waals surface area contributed by atoms with Crippen molar-refractivity contribution in [1.29, 1.82) is 0 Å². The third-order valence-corrected chi connectivity index (χ3v) is 6.62. The maximum absolute atomic E-state index is 13.1. The number of halogens is 1. The molecule has 1 aromatic carbocycles. The number of rotatable bonds is 7. The Morgan fingerprint density at radius 3 is 2.47 bits per heavy atom. The van der Waals surface area contributed by atoms with Crippen molar-refractivity contribution in [2.75, 3.05) is 25.0 Å². The number of anilines is 1. The number of nitrogens with one attached hydrogen (secondary N) is 3. The molecule has 2 aromatic rings. The lowest BCUT2D eigenvalue weighted by atomic mass is 9.88. The molecule has 0 saturated carbocycles. The van der Waals surface area contributed by atoms with Gasteiger partial charge in [0.2, 0.25) is 5.91 Å². The Hall–Kier alpha value is -2.52. The summed E-state index contributed by atoms with van der Waals surface area (Å²) in [7, 11) is 0. The zero-order chi connectivity index (χ0) is 23.1. The van der Waals surface area contributed by atoms with Gasteiger partial charge in [-0.05, 0) is 72.6 Å². The number of benzene rings is 1. The van der Waals surface area contributed by atoms with Crippen LogP contribution in [0.4, 0.5) is 10.1 Å². The standard InChI is InChI=1S/C23H29FN4O2S2/c1-15(2)14-25-22(30)20(27-21(29)19-4-3-13-32-19)16-9-11-28(12-10-16)23(31)26-18-7-5-17(24)6-8-18/h3-8,13,15-16,20H,9-12,14H2,1-2H3,(H,25,30)(H,26,31)(H,27,29)/t20-/m1/s1. The maximum atomic E-state index is 13.1. The van der Waals surface area contributed by atoms with Gasteiger partial charge in [-0.3, -0.25) is 9.59 Å². The van der Waals surface area contributed by atoms with Crippen molar-refractivity contribution in [2.45, 2.75) is 32.7 Å². The summed E-state index contributed by atoms with van der Waals surface area (Å²) in [6, 6.07) is 9.03. The van der Waals surface area contributed by atoms with Crippen LogP contribution in [0, 0.1) is 17.7 Å². The molecule has 1 atom stereocenters. The van der Waals surface area contributed by atoms with Crippen molar-refractivity contribution in [3.05, 3.63) is 52.5 Å². The van der Waals surface area contributed by atoms with Gasteiger partial charge in [-0.15, -0.1) is 11.3 Å². The molecule has 172 valence electrons. The van der Waals surface area contributed by atoms with Crippen LogP contribution < -0.4 is 16.0 Å². The molecule has 1 aliphatic heterocycles. The van der Waals surface area contributed by atoms with Gasteiger partial charge in [0, 0.05) is 25.3 Å². The fraction of sp³-hybridized carbons (Fsp3) is 0.435. The van der Waals surface area contributed by atoms with E-state index < -0.39 is 6.04 Å². The Balaban J connectivity index is 1.60. The predicted octanol–water partition coefficient (Wildman–Crippen LogP) is 3.87. The van der Waals surface area contributed by atoms with Gasteiger partial charge in [0.1, 0.15) is 11.9 Å². The van der Waals surface area contributed by atoms with Crippen molar-refractivity contribution >= 4 is 46.2 Å². The molecule has 0 radical (unpaired) electrons. The molecule has 3 rings (SSSR count). The molecule has 1 fully saturated rings. The number of thiophene rings is 1. The number of amides is 2. The predicted molar refractivity (Wildman–Crippen MR) is 130 cm³/mol. The summed E-state index contributed by atoms with van der Waals surface area (Å²) < 4.78 is 13.1. The Morgan fingerprint density at radius 1 is 1.19 bits per heavy atom. The van der Waals surface area contributed by atoms with E-state index >= 15 is 0 Å². The van der Waals surface area contributed by atoms with E-state index in [9.17, 15) is 14.0 Å². The van der Waals surface area contributed by atoms with Crippen LogP contribution in [0.15, 0.2) is 41.8 Å². The second kappa shape index (κ2) is 11.4. The molecule has 0 unspecified atom stereocenters. The van der Waals surface area contributed by atoms with Gasteiger partial charge < -0.3 is 20.9 Å². The van der Waals surface area contributed by atoms with Gasteiger partial charge in [-0.2, -0.15) is 0 Å². The van der Waals surface area contributed by atoms with E-state index in [4.69, 9.17) is 12.2 Å². The fourth-order valence-electron chi connectivity index (χ4n) is 3.60. The molecular formula is C23H29FN4O2S2. The summed E-state index contributed by atoms with van der Waals surface area (Å²) in [6.07, 6.45) is 1.44. The van der Waals surface area contributed by atoms with Crippen LogP contribution in [-0.4, -0.2) is 47.5 Å². The minimum atomic E-state index is -0.593. The summed E-state index contributed by atoms with van der Waals surface area (Å²) in [5.74, 6) is -0.330. The number of likely N-dealkylation sites (tertiary alicyclic amines) is 1. The average molecular weight is 477 g/mol. The van der Waals surface area contributed by atoms with Crippen LogP contribution in [0.2, 0.25) is 0 Å². The molecular weight excluding hydrogens is 447 g/mol. The summed E-state index contributed by atoms with van der Waals surface area (Å²) in [6.45, 7) is 5.97. The molecule has 0 spiro atoms. The molecule has 3 N–H and O–H groups in total. The molecule has 6 nitrogen and oxygen atoms in total. The maximum Gasteiger partial charge on any atom is 0.262 e. The van der Waals surface area contributed by atoms with Crippen LogP contribution >= 0.6 is 23.6 Å². The molecule has 0 aliphatic carbocycles. The molecule has 2 amide bonds. The quantitative estimate of drug-likeness (QED) is 0.529. The highest BCUT2D eigenvalue weighted by Crippen LogP contribution is 2.23. The van der Waals surface area contributed by atoms with Gasteiger partial charge in [0.15, 0.2) is 5.11 Å². The Bertz CT molecular complexity index is 911. The van der Waals surface area contributed by atoms with Gasteiger partial charge in [-0.25, -0.2) is 4.39 Å². The second-order valence-corrected chi connectivity index (χ2v) is 9.66. The number of hydrogen-bond donors (Lipinski definition) is 3. The Kier molecular flexibility index (Phi) is 8.58. The average Bonchev–Trinajstić information content (AvgIpc) is 3.32. The van der Waals surface area contributed by atoms with E-state index in [0.717, 1.165) is 18.5 Å². The minimum Gasteiger partial charge on any atom is -0.354 e. The highest BCUT2D eigenvalue weighted by Gasteiger charge is 2.33. The first-order valence-corrected chi connectivity index (χ1v) is 12.1. The molecule has 0 bridgehead atoms. The molecule has 9 heteroatoms. The van der Waals surface area contributed by atoms with Crippen molar-refractivity contribution < 1.29 is 14.0 Å². The summed E-state index contributed by atoms with van der Waals surface area (Å²) >= 11 is 6.87. The third kappa shape index (κ3) is 6.74. The number of carbonyl (C=O) groups excluding carboxylic acids is 2. The van der Waals surface area contributed by atoms with Crippen LogP contribution in [0.5, 0.6) is 0 Å². The topological polar surface area (TPSA) is 73.5 Å². The zero-order valence-corrected chi connectivity index (χ0v) is 19.9. The van der Waals surface area contributed by atoms with Crippen molar-refractivity contribution in [3.63, 3.8) is 0 Å². The first-order chi connectivity index (χ1) is 15.3. The highest BCUT2D eigenvalue weighted by molar-refractivity contribution is 7.80. The summed E-state index contributed by atoms with van der Waals surface area (Å²) in [5.41, 5.74) is 0.729. The van der Waals surface area contributed by atoms with Crippen LogP contribution in [-0.2, 0) is 4.79 Å². The number of hydrogen-bond acceptors (Lipinski definition) is 4. The summed E-state index contributed by atoms with van der Waals surface area (Å²) in [4.78, 5) is 28.2. The number of nitrogens with zero attached hydrogens (tertiary/aromatic N) is 1. The lowest BCUT2D eigenvalue weighted by Gasteiger charge is -2.37. The number of piperidine rings is 1. The van der Waals surface area contributed by atoms with Crippen molar-refractivity contribution in [2.24, 2.45) is 11.8 Å². The molecule has 1 aromatic heterocycles. The smallest absolute Gasteiger partial charge is 0.262 e. The van der Waals surface area contributed by atoms with E-state index in [1.54, 1.807) is 18.2 Å². The zero-order valence-electron chi connectivity index (χ0n) is 18.3. The van der Waals surface area contributed by atoms with Crippen molar-refractivity contribution in [3.8, 4) is 0 Å². The van der Waals surface area contributed by atoms with E-state index in [-0.39, 0.29) is 23.5 Å². The first-order valence-electron chi connectivity index (χ1n) is 10.8. The number of thiocarbonyl (C=S) groups is 1. The van der Waals surface area contributed by atoms with Gasteiger partial charge >= 0.3 is 0 Å². The van der Waals surface area contributed by atoms with E-state index in [2.05, 4.69) is 16.0 Å². The van der Waals surface area contributed by atoms with E-state index in [0.29, 0.717) is 35.5 Å². The summed E-state index contributed by atoms with van der Waals surface area (Å²) in [5, 5.41) is 11.5. The third-order valence-electron chi connectivity index (χ3n) is 5.39. The molecule has 32 heavy (non-hydrogen) atoms. The largest absolute Gasteiger partial charge is 0.354 e. The van der Waals surface area contributed by atoms with E-state index in [1.807, 2.05) is 30.2 Å². The normalized spacial score (nSPS) is 15.3. The number of carbonyl (C=O) groups is 2. The lowest BCUT2D eigenvalue weighted by molar-refractivity contribution is -0.124. The molecule has 1 aliphatic rings. The molecule has 1 saturated heterocycles. The fourth-order valence-corrected chi connectivity index (χ4v) is 4.53.